The summed E-state index contributed by atoms with van der Waals surface area (Å²) in [6.07, 6.45) is 1.29. The molecule has 0 aromatic heterocycles. The predicted molar refractivity (Wildman–Crippen MR) is 33.5 cm³/mol. The Bertz CT molecular complexity index is 158. The SMILES string of the molecule is CCC1=C2C1N2CC. The fourth-order valence-electron chi connectivity index (χ4n) is 1.51. The van der Waals surface area contributed by atoms with Crippen molar-refractivity contribution in [2.45, 2.75) is 26.3 Å². The minimum atomic E-state index is 0.880. The molecule has 0 amide bonds. The third-order valence-electron chi connectivity index (χ3n) is 2.11. The molecule has 1 heteroatoms. The molecule has 1 unspecified atom stereocenters. The van der Waals surface area contributed by atoms with Crippen LogP contribution in [-0.4, -0.2) is 17.5 Å². The normalized spacial score (nSPS) is 30.8. The topological polar surface area (TPSA) is 3.01 Å². The number of rotatable bonds is 2. The fraction of sp³-hybridized carbons (Fsp3) is 0.714. The highest BCUT2D eigenvalue weighted by atomic mass is 15.4. The first-order chi connectivity index (χ1) is 3.90. The van der Waals surface area contributed by atoms with Gasteiger partial charge in [0.1, 0.15) is 0 Å². The average Bonchev–Trinajstić information content (AvgIpc) is 2.51. The maximum absolute atomic E-state index is 2.44. The van der Waals surface area contributed by atoms with Gasteiger partial charge < -0.3 is 4.90 Å². The molecule has 1 aliphatic carbocycles. The van der Waals surface area contributed by atoms with Gasteiger partial charge >= 0.3 is 0 Å². The molecule has 1 aliphatic heterocycles. The third-order valence-corrected chi connectivity index (χ3v) is 2.11. The zero-order chi connectivity index (χ0) is 5.72. The van der Waals surface area contributed by atoms with Gasteiger partial charge in [-0.05, 0) is 18.9 Å². The number of nitrogens with zero attached hydrogens (tertiary/aromatic N) is 1. The minimum absolute atomic E-state index is 0.880. The molecule has 0 bridgehead atoms. The summed E-state index contributed by atoms with van der Waals surface area (Å²) < 4.78 is 0. The zero-order valence-electron chi connectivity index (χ0n) is 5.44. The lowest BCUT2D eigenvalue weighted by molar-refractivity contribution is 0.537. The zero-order valence-corrected chi connectivity index (χ0v) is 5.44. The average molecular weight is 109 g/mol. The van der Waals surface area contributed by atoms with Crippen molar-refractivity contribution >= 4 is 0 Å². The van der Waals surface area contributed by atoms with Crippen molar-refractivity contribution in [2.75, 3.05) is 6.54 Å². The monoisotopic (exact) mass is 109 g/mol. The van der Waals surface area contributed by atoms with E-state index in [0.29, 0.717) is 0 Å². The Hall–Kier alpha value is -0.460. The maximum Gasteiger partial charge on any atom is 0.0921 e. The summed E-state index contributed by atoms with van der Waals surface area (Å²) in [6.45, 7) is 5.68. The van der Waals surface area contributed by atoms with Gasteiger partial charge in [0.2, 0.25) is 0 Å². The van der Waals surface area contributed by atoms with Gasteiger partial charge in [-0.1, -0.05) is 6.92 Å². The van der Waals surface area contributed by atoms with Crippen molar-refractivity contribution in [1.82, 2.24) is 4.90 Å². The van der Waals surface area contributed by atoms with Crippen LogP contribution >= 0.6 is 0 Å². The molecule has 0 aromatic rings. The quantitative estimate of drug-likeness (QED) is 0.484. The molecule has 1 nitrogen and oxygen atoms in total. The Labute approximate surface area is 50.0 Å². The van der Waals surface area contributed by atoms with Crippen LogP contribution in [0, 0.1) is 0 Å². The van der Waals surface area contributed by atoms with E-state index in [1.165, 1.54) is 13.0 Å². The molecule has 2 aliphatic rings. The largest absolute Gasteiger partial charge is 0.361 e. The van der Waals surface area contributed by atoms with E-state index < -0.39 is 0 Å². The molecule has 0 saturated carbocycles. The molecular formula is C7H11N. The third kappa shape index (κ3) is 0.299. The molecule has 0 radical (unpaired) electrons. The van der Waals surface area contributed by atoms with Crippen LogP contribution in [0.5, 0.6) is 0 Å². The first-order valence-electron chi connectivity index (χ1n) is 3.39. The van der Waals surface area contributed by atoms with E-state index in [1.807, 2.05) is 0 Å². The van der Waals surface area contributed by atoms with Crippen LogP contribution in [0.2, 0.25) is 0 Å². The van der Waals surface area contributed by atoms with Gasteiger partial charge in [-0.15, -0.1) is 0 Å². The predicted octanol–water partition coefficient (Wildman–Crippen LogP) is 1.37. The highest BCUT2D eigenvalue weighted by molar-refractivity contribution is 5.59. The van der Waals surface area contributed by atoms with Gasteiger partial charge in [-0.2, -0.15) is 0 Å². The number of likely N-dealkylation sites (N-methyl/N-ethyl adjacent to an activating group) is 1. The molecule has 1 fully saturated rings. The second-order valence-electron chi connectivity index (χ2n) is 2.45. The molecule has 1 heterocycles. The van der Waals surface area contributed by atoms with E-state index in [2.05, 4.69) is 18.7 Å². The second-order valence-corrected chi connectivity index (χ2v) is 2.45. The van der Waals surface area contributed by atoms with E-state index in [-0.39, 0.29) is 0 Å². The van der Waals surface area contributed by atoms with E-state index >= 15 is 0 Å². The van der Waals surface area contributed by atoms with Crippen LogP contribution in [0.15, 0.2) is 11.3 Å². The van der Waals surface area contributed by atoms with E-state index in [9.17, 15) is 0 Å². The van der Waals surface area contributed by atoms with Crippen LogP contribution in [-0.2, 0) is 0 Å². The van der Waals surface area contributed by atoms with E-state index in [1.54, 1.807) is 11.3 Å². The molecule has 2 rings (SSSR count). The van der Waals surface area contributed by atoms with Gasteiger partial charge in [0, 0.05) is 12.2 Å². The van der Waals surface area contributed by atoms with Crippen molar-refractivity contribution in [3.63, 3.8) is 0 Å². The molecule has 1 saturated heterocycles. The number of hydrogen-bond acceptors (Lipinski definition) is 1. The lowest BCUT2D eigenvalue weighted by Crippen LogP contribution is -2.04. The summed E-state index contributed by atoms with van der Waals surface area (Å²) in [4.78, 5) is 2.44. The van der Waals surface area contributed by atoms with Crippen molar-refractivity contribution in [1.29, 1.82) is 0 Å². The van der Waals surface area contributed by atoms with E-state index in [4.69, 9.17) is 0 Å². The maximum atomic E-state index is 2.44. The van der Waals surface area contributed by atoms with Gasteiger partial charge in [-0.25, -0.2) is 0 Å². The first-order valence-corrected chi connectivity index (χ1v) is 3.39. The number of hydrogen-bond donors (Lipinski definition) is 0. The highest BCUT2D eigenvalue weighted by Gasteiger charge is 2.57. The van der Waals surface area contributed by atoms with Crippen molar-refractivity contribution in [3.8, 4) is 0 Å². The Balaban J connectivity index is 1.97. The second kappa shape index (κ2) is 1.09. The van der Waals surface area contributed by atoms with Crippen LogP contribution in [0.4, 0.5) is 0 Å². The summed E-state index contributed by atoms with van der Waals surface area (Å²) in [6, 6.07) is 0.880. The highest BCUT2D eigenvalue weighted by Crippen LogP contribution is 2.56. The standard InChI is InChI=1S/C7H11N/c1-3-5-6-7(5)8(6)4-2/h6H,3-4H2,1-2H3. The summed E-state index contributed by atoms with van der Waals surface area (Å²) in [7, 11) is 0. The van der Waals surface area contributed by atoms with Gasteiger partial charge in [-0.3, -0.25) is 0 Å². The Morgan fingerprint density at radius 3 is 2.50 bits per heavy atom. The summed E-state index contributed by atoms with van der Waals surface area (Å²) in [5, 5.41) is 0. The summed E-state index contributed by atoms with van der Waals surface area (Å²) in [5.41, 5.74) is 3.38. The Morgan fingerprint density at radius 2 is 2.12 bits per heavy atom. The van der Waals surface area contributed by atoms with Crippen molar-refractivity contribution < 1.29 is 0 Å². The van der Waals surface area contributed by atoms with Crippen molar-refractivity contribution in [2.24, 2.45) is 0 Å². The molecule has 1 atom stereocenters. The van der Waals surface area contributed by atoms with Crippen LogP contribution in [0.3, 0.4) is 0 Å². The number of fused-ring (bicyclic) bond motifs is 1. The van der Waals surface area contributed by atoms with Crippen LogP contribution in [0.25, 0.3) is 0 Å². The van der Waals surface area contributed by atoms with Gasteiger partial charge in [0.05, 0.1) is 6.04 Å². The molecule has 0 aromatic carbocycles. The summed E-state index contributed by atoms with van der Waals surface area (Å²) >= 11 is 0. The smallest absolute Gasteiger partial charge is 0.0921 e. The minimum Gasteiger partial charge on any atom is -0.361 e. The first kappa shape index (κ1) is 4.42. The van der Waals surface area contributed by atoms with Gasteiger partial charge in [0.15, 0.2) is 0 Å². The lowest BCUT2D eigenvalue weighted by Gasteiger charge is -2.02. The summed E-state index contributed by atoms with van der Waals surface area (Å²) in [5.74, 6) is 0. The molecule has 8 heavy (non-hydrogen) atoms. The fourth-order valence-corrected chi connectivity index (χ4v) is 1.51. The van der Waals surface area contributed by atoms with Crippen molar-refractivity contribution in [3.05, 3.63) is 11.3 Å². The lowest BCUT2D eigenvalue weighted by atomic mass is 10.3. The molecular weight excluding hydrogens is 98.1 g/mol. The van der Waals surface area contributed by atoms with Crippen LogP contribution < -0.4 is 0 Å². The molecule has 44 valence electrons. The molecule has 0 N–H and O–H groups in total. The van der Waals surface area contributed by atoms with Crippen LogP contribution in [0.1, 0.15) is 20.3 Å². The Morgan fingerprint density at radius 1 is 1.50 bits per heavy atom. The Kier molecular flexibility index (Phi) is 0.605. The molecule has 0 spiro atoms. The van der Waals surface area contributed by atoms with Gasteiger partial charge in [0.25, 0.3) is 0 Å². The van der Waals surface area contributed by atoms with E-state index in [0.717, 1.165) is 6.04 Å².